The Labute approximate surface area is 132 Å². The topological polar surface area (TPSA) is 18.5 Å². The molecule has 3 aromatic carbocycles. The Morgan fingerprint density at radius 3 is 2.43 bits per heavy atom. The minimum atomic E-state index is 0.228. The van der Waals surface area contributed by atoms with Crippen molar-refractivity contribution in [3.8, 4) is 5.75 Å². The number of ether oxygens (including phenoxy) is 2. The van der Waals surface area contributed by atoms with Gasteiger partial charge in [0.15, 0.2) is 6.79 Å². The molecule has 0 radical (unpaired) electrons. The molecule has 3 rings (SSSR count). The summed E-state index contributed by atoms with van der Waals surface area (Å²) >= 11 is 3.60. The monoisotopic (exact) mass is 342 g/mol. The molecule has 0 spiro atoms. The summed E-state index contributed by atoms with van der Waals surface area (Å²) in [6.45, 7) is 0.776. The predicted octanol–water partition coefficient (Wildman–Crippen LogP) is 5.16. The van der Waals surface area contributed by atoms with Crippen LogP contribution in [0.2, 0.25) is 0 Å². The maximum Gasteiger partial charge on any atom is 0.189 e. The molecule has 21 heavy (non-hydrogen) atoms. The van der Waals surface area contributed by atoms with Crippen LogP contribution in [0.15, 0.2) is 71.2 Å². The first-order chi connectivity index (χ1) is 10.3. The van der Waals surface area contributed by atoms with E-state index in [1.54, 1.807) is 0 Å². The van der Waals surface area contributed by atoms with Crippen molar-refractivity contribution in [2.75, 3.05) is 6.79 Å². The normalized spacial score (nSPS) is 10.7. The molecule has 0 amide bonds. The molecule has 0 heterocycles. The van der Waals surface area contributed by atoms with Crippen molar-refractivity contribution in [1.29, 1.82) is 0 Å². The molecule has 0 aliphatic heterocycles. The highest BCUT2D eigenvalue weighted by Crippen LogP contribution is 2.32. The lowest BCUT2D eigenvalue weighted by atomic mass is 10.1. The first-order valence-corrected chi connectivity index (χ1v) is 7.55. The summed E-state index contributed by atoms with van der Waals surface area (Å²) in [6, 6.07) is 22.3. The molecular weight excluding hydrogens is 328 g/mol. The average molecular weight is 343 g/mol. The number of hydrogen-bond acceptors (Lipinski definition) is 2. The van der Waals surface area contributed by atoms with E-state index >= 15 is 0 Å². The van der Waals surface area contributed by atoms with Gasteiger partial charge in [0.1, 0.15) is 5.75 Å². The molecule has 0 N–H and O–H groups in total. The van der Waals surface area contributed by atoms with E-state index < -0.39 is 0 Å². The Kier molecular flexibility index (Phi) is 4.53. The lowest BCUT2D eigenvalue weighted by molar-refractivity contribution is 0.00473. The van der Waals surface area contributed by atoms with Crippen LogP contribution in [0.4, 0.5) is 0 Å². The van der Waals surface area contributed by atoms with Crippen molar-refractivity contribution in [2.24, 2.45) is 0 Å². The van der Waals surface area contributed by atoms with E-state index in [2.05, 4.69) is 28.1 Å². The van der Waals surface area contributed by atoms with Gasteiger partial charge in [-0.3, -0.25) is 0 Å². The Balaban J connectivity index is 1.62. The molecule has 2 nitrogen and oxygen atoms in total. The molecule has 106 valence electrons. The molecule has 0 aromatic heterocycles. The maximum absolute atomic E-state index is 5.70. The average Bonchev–Trinajstić information content (AvgIpc) is 2.55. The third-order valence-corrected chi connectivity index (χ3v) is 4.06. The lowest BCUT2D eigenvalue weighted by Crippen LogP contribution is -2.03. The van der Waals surface area contributed by atoms with Gasteiger partial charge in [-0.1, -0.05) is 60.7 Å². The first-order valence-electron chi connectivity index (χ1n) is 6.76. The van der Waals surface area contributed by atoms with Gasteiger partial charge in [0.05, 0.1) is 11.1 Å². The molecule has 3 aromatic rings. The van der Waals surface area contributed by atoms with Crippen LogP contribution in [0, 0.1) is 0 Å². The van der Waals surface area contributed by atoms with Crippen LogP contribution in [0.3, 0.4) is 0 Å². The molecule has 0 unspecified atom stereocenters. The van der Waals surface area contributed by atoms with Gasteiger partial charge in [0.25, 0.3) is 0 Å². The fourth-order valence-corrected chi connectivity index (χ4v) is 2.77. The molecule has 0 fully saturated rings. The molecular formula is C18H15BrO2. The number of fused-ring (bicyclic) bond motifs is 1. The van der Waals surface area contributed by atoms with Crippen LogP contribution in [0.25, 0.3) is 10.8 Å². The lowest BCUT2D eigenvalue weighted by Gasteiger charge is -2.10. The highest BCUT2D eigenvalue weighted by atomic mass is 79.9. The maximum atomic E-state index is 5.70. The quantitative estimate of drug-likeness (QED) is 0.471. The zero-order chi connectivity index (χ0) is 14.5. The van der Waals surface area contributed by atoms with Gasteiger partial charge in [0, 0.05) is 0 Å². The second-order valence-electron chi connectivity index (χ2n) is 4.70. The molecule has 3 heteroatoms. The van der Waals surface area contributed by atoms with E-state index in [9.17, 15) is 0 Å². The smallest absolute Gasteiger partial charge is 0.189 e. The molecule has 0 saturated heterocycles. The zero-order valence-corrected chi connectivity index (χ0v) is 13.0. The molecule has 0 aliphatic carbocycles. The van der Waals surface area contributed by atoms with Crippen LogP contribution in [0.1, 0.15) is 5.56 Å². The number of benzene rings is 3. The Morgan fingerprint density at radius 2 is 1.57 bits per heavy atom. The van der Waals surface area contributed by atoms with Crippen LogP contribution in [-0.2, 0) is 11.3 Å². The van der Waals surface area contributed by atoms with Gasteiger partial charge < -0.3 is 9.47 Å². The number of halogens is 1. The third kappa shape index (κ3) is 3.43. The summed E-state index contributed by atoms with van der Waals surface area (Å²) in [5.74, 6) is 0.793. The van der Waals surface area contributed by atoms with Crippen molar-refractivity contribution < 1.29 is 9.47 Å². The molecule has 0 aliphatic rings. The Morgan fingerprint density at radius 1 is 0.810 bits per heavy atom. The minimum Gasteiger partial charge on any atom is -0.466 e. The highest BCUT2D eigenvalue weighted by Gasteiger charge is 2.05. The third-order valence-electron chi connectivity index (χ3n) is 3.24. The van der Waals surface area contributed by atoms with Gasteiger partial charge in [0.2, 0.25) is 0 Å². The van der Waals surface area contributed by atoms with E-state index in [4.69, 9.17) is 9.47 Å². The van der Waals surface area contributed by atoms with Gasteiger partial charge >= 0.3 is 0 Å². The summed E-state index contributed by atoms with van der Waals surface area (Å²) < 4.78 is 12.2. The largest absolute Gasteiger partial charge is 0.466 e. The van der Waals surface area contributed by atoms with Crippen molar-refractivity contribution >= 4 is 26.7 Å². The number of hydrogen-bond donors (Lipinski definition) is 0. The van der Waals surface area contributed by atoms with Crippen LogP contribution in [0.5, 0.6) is 5.75 Å². The van der Waals surface area contributed by atoms with Crippen molar-refractivity contribution in [2.45, 2.75) is 6.61 Å². The second-order valence-corrected chi connectivity index (χ2v) is 5.49. The van der Waals surface area contributed by atoms with E-state index in [0.717, 1.165) is 21.2 Å². The highest BCUT2D eigenvalue weighted by molar-refractivity contribution is 9.10. The summed E-state index contributed by atoms with van der Waals surface area (Å²) in [5.41, 5.74) is 1.14. The summed E-state index contributed by atoms with van der Waals surface area (Å²) in [4.78, 5) is 0. The van der Waals surface area contributed by atoms with Gasteiger partial charge in [-0.15, -0.1) is 0 Å². The van der Waals surface area contributed by atoms with Crippen LogP contribution < -0.4 is 4.74 Å². The van der Waals surface area contributed by atoms with Crippen molar-refractivity contribution in [3.05, 3.63) is 76.8 Å². The van der Waals surface area contributed by atoms with Gasteiger partial charge in [-0.05, 0) is 38.3 Å². The Hall–Kier alpha value is -1.84. The van der Waals surface area contributed by atoms with E-state index in [1.165, 1.54) is 5.39 Å². The minimum absolute atomic E-state index is 0.228. The van der Waals surface area contributed by atoms with Crippen LogP contribution in [-0.4, -0.2) is 6.79 Å². The molecule has 0 saturated carbocycles. The van der Waals surface area contributed by atoms with E-state index in [1.807, 2.05) is 54.6 Å². The standard InChI is InChI=1S/C18H15BrO2/c19-18-16-9-5-4-8-15(16)10-11-17(18)21-13-20-12-14-6-2-1-3-7-14/h1-11H,12-13H2. The summed E-state index contributed by atoms with van der Waals surface area (Å²) in [7, 11) is 0. The summed E-state index contributed by atoms with van der Waals surface area (Å²) in [6.07, 6.45) is 0. The fraction of sp³-hybridized carbons (Fsp3) is 0.111. The SMILES string of the molecule is Brc1c(OCOCc2ccccc2)ccc2ccccc12. The molecule has 0 bridgehead atoms. The fourth-order valence-electron chi connectivity index (χ4n) is 2.16. The van der Waals surface area contributed by atoms with E-state index in [0.29, 0.717) is 6.61 Å². The van der Waals surface area contributed by atoms with Crippen molar-refractivity contribution in [1.82, 2.24) is 0 Å². The second kappa shape index (κ2) is 6.74. The van der Waals surface area contributed by atoms with Crippen LogP contribution >= 0.6 is 15.9 Å². The zero-order valence-electron chi connectivity index (χ0n) is 11.5. The van der Waals surface area contributed by atoms with Crippen molar-refractivity contribution in [3.63, 3.8) is 0 Å². The number of rotatable bonds is 5. The van der Waals surface area contributed by atoms with Gasteiger partial charge in [-0.25, -0.2) is 0 Å². The first kappa shape index (κ1) is 14.1. The predicted molar refractivity (Wildman–Crippen MR) is 88.4 cm³/mol. The summed E-state index contributed by atoms with van der Waals surface area (Å²) in [5, 5.41) is 2.32. The van der Waals surface area contributed by atoms with E-state index in [-0.39, 0.29) is 6.79 Å². The Bertz CT molecular complexity index is 726. The van der Waals surface area contributed by atoms with Gasteiger partial charge in [-0.2, -0.15) is 0 Å². The molecule has 0 atom stereocenters.